The van der Waals surface area contributed by atoms with Crippen LogP contribution in [0.25, 0.3) is 0 Å². The largest absolute Gasteiger partial charge is 0.308 e. The Bertz CT molecular complexity index is 330. The van der Waals surface area contributed by atoms with E-state index < -0.39 is 0 Å². The molecule has 0 unspecified atom stereocenters. The molecule has 3 saturated heterocycles. The second-order valence-corrected chi connectivity index (χ2v) is 4.99. The van der Waals surface area contributed by atoms with Gasteiger partial charge >= 0.3 is 0 Å². The summed E-state index contributed by atoms with van der Waals surface area (Å²) in [5.41, 5.74) is 1.29. The lowest BCUT2D eigenvalue weighted by Gasteiger charge is -2.45. The van der Waals surface area contributed by atoms with Gasteiger partial charge in [-0.05, 0) is 43.5 Å². The first kappa shape index (κ1) is 10.2. The van der Waals surface area contributed by atoms with E-state index >= 15 is 0 Å². The van der Waals surface area contributed by atoms with E-state index in [-0.39, 0.29) is 0 Å². The molecule has 3 fully saturated rings. The molecule has 2 bridgehead atoms. The third-order valence-corrected chi connectivity index (χ3v) is 3.95. The molecule has 0 radical (unpaired) electrons. The Balaban J connectivity index is 1.56. The summed E-state index contributed by atoms with van der Waals surface area (Å²) in [5.74, 6) is 0.904. The molecule has 3 nitrogen and oxygen atoms in total. The molecule has 16 heavy (non-hydrogen) atoms. The lowest BCUT2D eigenvalue weighted by Crippen LogP contribution is -2.55. The maximum atomic E-state index is 4.15. The number of nitrogens with zero attached hydrogens (tertiary/aromatic N) is 2. The highest BCUT2D eigenvalue weighted by molar-refractivity contribution is 5.08. The highest BCUT2D eigenvalue weighted by Crippen LogP contribution is 2.27. The standard InChI is InChI=1S/C13H19N3/c1-2-11(8-14-5-1)9-15-13-10-16-6-3-12(13)4-7-16/h1-2,5,8,12-13,15H,3-4,6-7,9-10H2/t13-/m0/s1. The molecular weight excluding hydrogens is 198 g/mol. The summed E-state index contributed by atoms with van der Waals surface area (Å²) in [6, 6.07) is 4.84. The first-order valence-electron chi connectivity index (χ1n) is 6.26. The van der Waals surface area contributed by atoms with Crippen molar-refractivity contribution in [3.63, 3.8) is 0 Å². The average Bonchev–Trinajstić information content (AvgIpc) is 2.39. The smallest absolute Gasteiger partial charge is 0.0312 e. The molecule has 0 spiro atoms. The van der Waals surface area contributed by atoms with Gasteiger partial charge in [0.05, 0.1) is 0 Å². The van der Waals surface area contributed by atoms with Crippen molar-refractivity contribution < 1.29 is 0 Å². The van der Waals surface area contributed by atoms with Gasteiger partial charge in [0.2, 0.25) is 0 Å². The second-order valence-electron chi connectivity index (χ2n) is 4.99. The SMILES string of the molecule is c1cncc(CN[C@H]2CN3CCC2CC3)c1. The lowest BCUT2D eigenvalue weighted by molar-refractivity contribution is 0.0720. The summed E-state index contributed by atoms with van der Waals surface area (Å²) in [4.78, 5) is 6.73. The number of nitrogens with one attached hydrogen (secondary N) is 1. The highest BCUT2D eigenvalue weighted by Gasteiger charge is 2.33. The van der Waals surface area contributed by atoms with E-state index in [1.54, 1.807) is 0 Å². The van der Waals surface area contributed by atoms with E-state index in [9.17, 15) is 0 Å². The molecule has 3 heteroatoms. The van der Waals surface area contributed by atoms with Gasteiger partial charge in [-0.15, -0.1) is 0 Å². The molecule has 4 heterocycles. The Labute approximate surface area is 96.9 Å². The van der Waals surface area contributed by atoms with Crippen LogP contribution in [0.1, 0.15) is 18.4 Å². The minimum atomic E-state index is 0.697. The van der Waals surface area contributed by atoms with Gasteiger partial charge < -0.3 is 10.2 Å². The minimum Gasteiger partial charge on any atom is -0.308 e. The molecule has 1 atom stereocenters. The van der Waals surface area contributed by atoms with Crippen molar-refractivity contribution >= 4 is 0 Å². The van der Waals surface area contributed by atoms with Gasteiger partial charge in [0.1, 0.15) is 0 Å². The molecular formula is C13H19N3. The van der Waals surface area contributed by atoms with Gasteiger partial charge in [-0.1, -0.05) is 6.07 Å². The zero-order chi connectivity index (χ0) is 10.8. The lowest BCUT2D eigenvalue weighted by atomic mass is 9.84. The van der Waals surface area contributed by atoms with Crippen LogP contribution in [-0.4, -0.2) is 35.6 Å². The number of aromatic nitrogens is 1. The van der Waals surface area contributed by atoms with Crippen LogP contribution in [0.4, 0.5) is 0 Å². The number of piperidine rings is 3. The zero-order valence-corrected chi connectivity index (χ0v) is 9.60. The van der Waals surface area contributed by atoms with Crippen molar-refractivity contribution in [2.24, 2.45) is 5.92 Å². The predicted octanol–water partition coefficient (Wildman–Crippen LogP) is 1.27. The van der Waals surface area contributed by atoms with E-state index in [0.717, 1.165) is 12.5 Å². The first-order chi connectivity index (χ1) is 7.92. The second kappa shape index (κ2) is 4.52. The van der Waals surface area contributed by atoms with Crippen molar-refractivity contribution in [2.45, 2.75) is 25.4 Å². The molecule has 1 N–H and O–H groups in total. The Morgan fingerprint density at radius 3 is 2.88 bits per heavy atom. The third kappa shape index (κ3) is 2.11. The summed E-state index contributed by atoms with van der Waals surface area (Å²) < 4.78 is 0. The van der Waals surface area contributed by atoms with Crippen molar-refractivity contribution in [2.75, 3.05) is 19.6 Å². The Morgan fingerprint density at radius 1 is 1.38 bits per heavy atom. The molecule has 0 amide bonds. The van der Waals surface area contributed by atoms with Crippen molar-refractivity contribution in [1.29, 1.82) is 0 Å². The Kier molecular flexibility index (Phi) is 2.89. The molecule has 1 aromatic heterocycles. The van der Waals surface area contributed by atoms with Crippen LogP contribution in [0.15, 0.2) is 24.5 Å². The first-order valence-corrected chi connectivity index (χ1v) is 6.26. The summed E-state index contributed by atoms with van der Waals surface area (Å²) >= 11 is 0. The normalized spacial score (nSPS) is 32.9. The molecule has 86 valence electrons. The topological polar surface area (TPSA) is 28.2 Å². The summed E-state index contributed by atoms with van der Waals surface area (Å²) in [6.45, 7) is 4.83. The van der Waals surface area contributed by atoms with Crippen molar-refractivity contribution in [3.8, 4) is 0 Å². The van der Waals surface area contributed by atoms with E-state index in [1.807, 2.05) is 18.5 Å². The zero-order valence-electron chi connectivity index (χ0n) is 9.60. The summed E-state index contributed by atoms with van der Waals surface area (Å²) in [6.07, 6.45) is 6.54. The van der Waals surface area contributed by atoms with E-state index in [1.165, 1.54) is 38.0 Å². The third-order valence-electron chi connectivity index (χ3n) is 3.95. The van der Waals surface area contributed by atoms with Crippen LogP contribution in [0, 0.1) is 5.92 Å². The fourth-order valence-electron chi connectivity index (χ4n) is 2.95. The van der Waals surface area contributed by atoms with Crippen LogP contribution in [0.3, 0.4) is 0 Å². The maximum absolute atomic E-state index is 4.15. The number of fused-ring (bicyclic) bond motifs is 3. The fraction of sp³-hybridized carbons (Fsp3) is 0.615. The molecule has 3 aliphatic rings. The van der Waals surface area contributed by atoms with E-state index in [2.05, 4.69) is 21.3 Å². The van der Waals surface area contributed by atoms with Crippen LogP contribution < -0.4 is 5.32 Å². The Hall–Kier alpha value is -0.930. The monoisotopic (exact) mass is 217 g/mol. The number of hydrogen-bond donors (Lipinski definition) is 1. The van der Waals surface area contributed by atoms with Gasteiger partial charge in [0, 0.05) is 31.5 Å². The Morgan fingerprint density at radius 2 is 2.25 bits per heavy atom. The number of hydrogen-bond acceptors (Lipinski definition) is 3. The molecule has 4 rings (SSSR count). The molecule has 3 aliphatic heterocycles. The summed E-state index contributed by atoms with van der Waals surface area (Å²) in [7, 11) is 0. The van der Waals surface area contributed by atoms with Crippen molar-refractivity contribution in [1.82, 2.24) is 15.2 Å². The van der Waals surface area contributed by atoms with E-state index in [4.69, 9.17) is 0 Å². The quantitative estimate of drug-likeness (QED) is 0.826. The van der Waals surface area contributed by atoms with Crippen LogP contribution in [0.5, 0.6) is 0 Å². The molecule has 0 aliphatic carbocycles. The van der Waals surface area contributed by atoms with Crippen LogP contribution >= 0.6 is 0 Å². The van der Waals surface area contributed by atoms with Gasteiger partial charge in [-0.3, -0.25) is 4.98 Å². The number of rotatable bonds is 3. The van der Waals surface area contributed by atoms with Gasteiger partial charge in [0.15, 0.2) is 0 Å². The van der Waals surface area contributed by atoms with Crippen LogP contribution in [-0.2, 0) is 6.54 Å². The molecule has 0 saturated carbocycles. The van der Waals surface area contributed by atoms with Gasteiger partial charge in [0.25, 0.3) is 0 Å². The van der Waals surface area contributed by atoms with Gasteiger partial charge in [-0.2, -0.15) is 0 Å². The molecule has 0 aromatic carbocycles. The highest BCUT2D eigenvalue weighted by atomic mass is 15.2. The summed E-state index contributed by atoms with van der Waals surface area (Å²) in [5, 5.41) is 3.69. The van der Waals surface area contributed by atoms with E-state index in [0.29, 0.717) is 6.04 Å². The molecule has 1 aromatic rings. The number of pyridine rings is 1. The van der Waals surface area contributed by atoms with Crippen molar-refractivity contribution in [3.05, 3.63) is 30.1 Å². The fourth-order valence-corrected chi connectivity index (χ4v) is 2.95. The average molecular weight is 217 g/mol. The minimum absolute atomic E-state index is 0.697. The predicted molar refractivity (Wildman–Crippen MR) is 64.0 cm³/mol. The van der Waals surface area contributed by atoms with Gasteiger partial charge in [-0.25, -0.2) is 0 Å². The maximum Gasteiger partial charge on any atom is 0.0312 e. The van der Waals surface area contributed by atoms with Crippen LogP contribution in [0.2, 0.25) is 0 Å².